The molecule has 0 bridgehead atoms. The molecule has 0 fully saturated rings. The molecule has 24 heavy (non-hydrogen) atoms. The van der Waals surface area contributed by atoms with Crippen molar-refractivity contribution in [2.24, 2.45) is 0 Å². The highest BCUT2D eigenvalue weighted by molar-refractivity contribution is 7.92. The summed E-state index contributed by atoms with van der Waals surface area (Å²) in [5, 5.41) is 0. The van der Waals surface area contributed by atoms with Gasteiger partial charge < -0.3 is 9.47 Å². The summed E-state index contributed by atoms with van der Waals surface area (Å²) in [5.41, 5.74) is 0.830. The number of nitrogens with zero attached hydrogens (tertiary/aromatic N) is 1. The summed E-state index contributed by atoms with van der Waals surface area (Å²) in [6.45, 7) is 0.118. The average molecular weight is 347 g/mol. The van der Waals surface area contributed by atoms with Crippen molar-refractivity contribution in [2.45, 2.75) is 11.3 Å². The Morgan fingerprint density at radius 2 is 1.71 bits per heavy atom. The van der Waals surface area contributed by atoms with Gasteiger partial charge in [0.1, 0.15) is 0 Å². The van der Waals surface area contributed by atoms with Gasteiger partial charge in [-0.25, -0.2) is 8.42 Å². The van der Waals surface area contributed by atoms with Crippen LogP contribution in [0.25, 0.3) is 0 Å². The van der Waals surface area contributed by atoms with Gasteiger partial charge in [-0.15, -0.1) is 0 Å². The molecule has 2 aromatic rings. The highest BCUT2D eigenvalue weighted by Crippen LogP contribution is 2.35. The Morgan fingerprint density at radius 3 is 2.42 bits per heavy atom. The smallest absolute Gasteiger partial charge is 0.264 e. The molecule has 0 radical (unpaired) electrons. The van der Waals surface area contributed by atoms with Crippen LogP contribution in [0.3, 0.4) is 0 Å². The van der Waals surface area contributed by atoms with Crippen LogP contribution < -0.4 is 13.8 Å². The van der Waals surface area contributed by atoms with E-state index in [0.29, 0.717) is 22.7 Å². The van der Waals surface area contributed by atoms with E-state index in [2.05, 4.69) is 0 Å². The van der Waals surface area contributed by atoms with Crippen molar-refractivity contribution in [1.29, 1.82) is 0 Å². The van der Waals surface area contributed by atoms with Crippen molar-refractivity contribution in [3.63, 3.8) is 0 Å². The molecule has 0 amide bonds. The van der Waals surface area contributed by atoms with E-state index in [1.807, 2.05) is 0 Å². The number of ether oxygens (including phenoxy) is 2. The average Bonchev–Trinajstić information content (AvgIpc) is 2.61. The maximum Gasteiger partial charge on any atom is 0.264 e. The second-order valence-corrected chi connectivity index (χ2v) is 7.15. The molecule has 0 spiro atoms. The molecule has 3 rings (SSSR count). The summed E-state index contributed by atoms with van der Waals surface area (Å²) in [6.07, 6.45) is 0.156. The van der Waals surface area contributed by atoms with Crippen molar-refractivity contribution >= 4 is 21.5 Å². The molecule has 0 aliphatic carbocycles. The predicted molar refractivity (Wildman–Crippen MR) is 89.5 cm³/mol. The van der Waals surface area contributed by atoms with Gasteiger partial charge in [0.2, 0.25) is 0 Å². The number of fused-ring (bicyclic) bond motifs is 1. The van der Waals surface area contributed by atoms with Crippen molar-refractivity contribution in [2.75, 3.05) is 25.1 Å². The lowest BCUT2D eigenvalue weighted by atomic mass is 10.0. The second kappa shape index (κ2) is 6.16. The highest BCUT2D eigenvalue weighted by atomic mass is 32.2. The van der Waals surface area contributed by atoms with Crippen LogP contribution in [0.4, 0.5) is 5.69 Å². The molecule has 0 atom stereocenters. The van der Waals surface area contributed by atoms with Gasteiger partial charge in [-0.3, -0.25) is 9.10 Å². The molecule has 1 aliphatic heterocycles. The zero-order valence-electron chi connectivity index (χ0n) is 13.4. The van der Waals surface area contributed by atoms with E-state index in [1.165, 1.54) is 30.7 Å². The zero-order chi connectivity index (χ0) is 17.3. The van der Waals surface area contributed by atoms with Gasteiger partial charge in [0.15, 0.2) is 17.3 Å². The first-order chi connectivity index (χ1) is 11.5. The first kappa shape index (κ1) is 16.3. The third-order valence-electron chi connectivity index (χ3n) is 3.96. The van der Waals surface area contributed by atoms with E-state index in [1.54, 1.807) is 30.3 Å². The number of carbonyl (C=O) groups excluding carboxylic acids is 1. The fourth-order valence-electron chi connectivity index (χ4n) is 2.74. The number of methoxy groups -OCH3 is 2. The van der Waals surface area contributed by atoms with Crippen molar-refractivity contribution in [3.05, 3.63) is 48.0 Å². The first-order valence-electron chi connectivity index (χ1n) is 7.36. The van der Waals surface area contributed by atoms with Crippen LogP contribution in [-0.2, 0) is 10.0 Å². The number of para-hydroxylation sites is 1. The van der Waals surface area contributed by atoms with Gasteiger partial charge >= 0.3 is 0 Å². The zero-order valence-corrected chi connectivity index (χ0v) is 14.2. The van der Waals surface area contributed by atoms with E-state index < -0.39 is 10.0 Å². The van der Waals surface area contributed by atoms with E-state index in [9.17, 15) is 13.2 Å². The lowest BCUT2D eigenvalue weighted by molar-refractivity contribution is 0.0982. The van der Waals surface area contributed by atoms with E-state index >= 15 is 0 Å². The lowest BCUT2D eigenvalue weighted by Crippen LogP contribution is -2.37. The molecule has 0 unspecified atom stereocenters. The number of sulfonamides is 1. The fraction of sp³-hybridized carbons (Fsp3) is 0.235. The third-order valence-corrected chi connectivity index (χ3v) is 5.77. The van der Waals surface area contributed by atoms with Crippen LogP contribution in [-0.4, -0.2) is 35.0 Å². The van der Waals surface area contributed by atoms with E-state index in [4.69, 9.17) is 9.47 Å². The molecule has 2 aromatic carbocycles. The molecule has 0 N–H and O–H groups in total. The van der Waals surface area contributed by atoms with Crippen LogP contribution in [0, 0.1) is 0 Å². The minimum Gasteiger partial charge on any atom is -0.493 e. The lowest BCUT2D eigenvalue weighted by Gasteiger charge is -2.29. The summed E-state index contributed by atoms with van der Waals surface area (Å²) < 4.78 is 37.7. The monoisotopic (exact) mass is 347 g/mol. The fourth-order valence-corrected chi connectivity index (χ4v) is 4.24. The van der Waals surface area contributed by atoms with Crippen LogP contribution in [0.2, 0.25) is 0 Å². The van der Waals surface area contributed by atoms with Crippen LogP contribution >= 0.6 is 0 Å². The maximum absolute atomic E-state index is 13.0. The minimum atomic E-state index is -3.81. The molecule has 1 aliphatic rings. The topological polar surface area (TPSA) is 72.9 Å². The summed E-state index contributed by atoms with van der Waals surface area (Å²) in [4.78, 5) is 12.1. The number of carbonyl (C=O) groups is 1. The molecule has 0 saturated heterocycles. The number of rotatable bonds is 4. The minimum absolute atomic E-state index is 0.0515. The first-order valence-corrected chi connectivity index (χ1v) is 8.80. The SMILES string of the molecule is COc1ccc(S(=O)(=O)N2CCC(=O)c3ccccc32)cc1OC. The van der Waals surface area contributed by atoms with Crippen LogP contribution in [0.1, 0.15) is 16.8 Å². The number of benzene rings is 2. The Balaban J connectivity index is 2.09. The van der Waals surface area contributed by atoms with Crippen LogP contribution in [0.5, 0.6) is 11.5 Å². The summed E-state index contributed by atoms with van der Waals surface area (Å²) in [7, 11) is -0.879. The molecule has 1 heterocycles. The highest BCUT2D eigenvalue weighted by Gasteiger charge is 2.32. The number of hydrogen-bond acceptors (Lipinski definition) is 5. The van der Waals surface area contributed by atoms with Gasteiger partial charge in [-0.2, -0.15) is 0 Å². The molecule has 7 heteroatoms. The quantitative estimate of drug-likeness (QED) is 0.849. The largest absolute Gasteiger partial charge is 0.493 e. The van der Waals surface area contributed by atoms with E-state index in [-0.39, 0.29) is 23.6 Å². The van der Waals surface area contributed by atoms with Gasteiger partial charge in [-0.1, -0.05) is 12.1 Å². The Labute approximate surface area is 140 Å². The van der Waals surface area contributed by atoms with Crippen molar-refractivity contribution in [1.82, 2.24) is 0 Å². The van der Waals surface area contributed by atoms with Gasteiger partial charge in [0.05, 0.1) is 24.8 Å². The number of Topliss-reactive ketones (excluding diaryl/α,β-unsaturated/α-hetero) is 1. The normalized spacial score (nSPS) is 14.2. The third kappa shape index (κ3) is 2.60. The number of anilines is 1. The summed E-state index contributed by atoms with van der Waals surface area (Å²) >= 11 is 0. The molecule has 0 aromatic heterocycles. The van der Waals surface area contributed by atoms with Gasteiger partial charge in [-0.05, 0) is 24.3 Å². The van der Waals surface area contributed by atoms with Crippen molar-refractivity contribution < 1.29 is 22.7 Å². The summed E-state index contributed by atoms with van der Waals surface area (Å²) in [6, 6.07) is 11.2. The Hall–Kier alpha value is -2.54. The summed E-state index contributed by atoms with van der Waals surface area (Å²) in [5.74, 6) is 0.731. The Bertz CT molecular complexity index is 892. The second-order valence-electron chi connectivity index (χ2n) is 5.28. The number of ketones is 1. The molecule has 6 nitrogen and oxygen atoms in total. The predicted octanol–water partition coefficient (Wildman–Crippen LogP) is 2.49. The number of hydrogen-bond donors (Lipinski definition) is 0. The Morgan fingerprint density at radius 1 is 1.00 bits per heavy atom. The Kier molecular flexibility index (Phi) is 4.19. The molecular weight excluding hydrogens is 330 g/mol. The van der Waals surface area contributed by atoms with Crippen LogP contribution in [0.15, 0.2) is 47.4 Å². The maximum atomic E-state index is 13.0. The van der Waals surface area contributed by atoms with Gasteiger partial charge in [0, 0.05) is 24.6 Å². The molecule has 0 saturated carbocycles. The van der Waals surface area contributed by atoms with E-state index in [0.717, 1.165) is 0 Å². The van der Waals surface area contributed by atoms with Crippen molar-refractivity contribution in [3.8, 4) is 11.5 Å². The van der Waals surface area contributed by atoms with Gasteiger partial charge in [0.25, 0.3) is 10.0 Å². The molecule has 126 valence electrons. The standard InChI is InChI=1S/C17H17NO5S/c1-22-16-8-7-12(11-17(16)23-2)24(20,21)18-10-9-15(19)13-5-3-4-6-14(13)18/h3-8,11H,9-10H2,1-2H3. The molecular formula is C17H17NO5S.